The van der Waals surface area contributed by atoms with Crippen LogP contribution < -0.4 is 10.6 Å². The second kappa shape index (κ2) is 6.31. The fraction of sp³-hybridized carbons (Fsp3) is 0.933. The number of hydrogen-bond donors (Lipinski definition) is 2. The lowest BCUT2D eigenvalue weighted by Crippen LogP contribution is -2.48. The summed E-state index contributed by atoms with van der Waals surface area (Å²) < 4.78 is 10.9. The van der Waals surface area contributed by atoms with Gasteiger partial charge < -0.3 is 20.1 Å². The maximum Gasteiger partial charge on any atom is 0.407 e. The van der Waals surface area contributed by atoms with Crippen molar-refractivity contribution < 1.29 is 14.3 Å². The molecule has 1 heterocycles. The van der Waals surface area contributed by atoms with Gasteiger partial charge in [-0.2, -0.15) is 0 Å². The molecule has 1 aliphatic heterocycles. The highest BCUT2D eigenvalue weighted by atomic mass is 16.6. The van der Waals surface area contributed by atoms with Crippen LogP contribution in [-0.2, 0) is 9.47 Å². The lowest BCUT2D eigenvalue weighted by Gasteiger charge is -2.25. The Kier molecular flexibility index (Phi) is 4.91. The van der Waals surface area contributed by atoms with Crippen LogP contribution in [0.2, 0.25) is 0 Å². The van der Waals surface area contributed by atoms with Crippen molar-refractivity contribution >= 4 is 6.09 Å². The van der Waals surface area contributed by atoms with Crippen LogP contribution in [0.3, 0.4) is 0 Å². The molecule has 0 aromatic rings. The molecule has 116 valence electrons. The normalized spacial score (nSPS) is 28.2. The van der Waals surface area contributed by atoms with Gasteiger partial charge in [-0.05, 0) is 52.9 Å². The van der Waals surface area contributed by atoms with Gasteiger partial charge in [0, 0.05) is 25.2 Å². The molecule has 2 aliphatic rings. The van der Waals surface area contributed by atoms with Gasteiger partial charge in [-0.15, -0.1) is 0 Å². The summed E-state index contributed by atoms with van der Waals surface area (Å²) in [5.74, 6) is 0.590. The molecule has 5 heteroatoms. The number of nitrogens with one attached hydrogen (secondary N) is 2. The highest BCUT2D eigenvalue weighted by Gasteiger charge is 2.34. The number of ether oxygens (including phenoxy) is 2. The Balaban J connectivity index is 1.77. The Morgan fingerprint density at radius 1 is 1.35 bits per heavy atom. The van der Waals surface area contributed by atoms with Crippen molar-refractivity contribution in [3.05, 3.63) is 0 Å². The monoisotopic (exact) mass is 284 g/mol. The van der Waals surface area contributed by atoms with Gasteiger partial charge in [-0.1, -0.05) is 0 Å². The van der Waals surface area contributed by atoms with Crippen molar-refractivity contribution in [1.29, 1.82) is 0 Å². The zero-order chi connectivity index (χ0) is 14.8. The predicted molar refractivity (Wildman–Crippen MR) is 77.7 cm³/mol. The first-order valence-electron chi connectivity index (χ1n) is 7.69. The SMILES string of the molecule is CC1OCCC1NCC(NC(=O)OC(C)(C)C)C1CC1. The summed E-state index contributed by atoms with van der Waals surface area (Å²) in [5, 5.41) is 6.54. The van der Waals surface area contributed by atoms with Crippen LogP contribution in [0.1, 0.15) is 47.0 Å². The van der Waals surface area contributed by atoms with Crippen LogP contribution in [0.5, 0.6) is 0 Å². The van der Waals surface area contributed by atoms with Crippen LogP contribution in [0.15, 0.2) is 0 Å². The van der Waals surface area contributed by atoms with Crippen LogP contribution in [0, 0.1) is 5.92 Å². The van der Waals surface area contributed by atoms with Crippen LogP contribution in [0.4, 0.5) is 4.79 Å². The lowest BCUT2D eigenvalue weighted by atomic mass is 10.1. The number of carbonyl (C=O) groups is 1. The summed E-state index contributed by atoms with van der Waals surface area (Å²) in [7, 11) is 0. The van der Waals surface area contributed by atoms with E-state index in [2.05, 4.69) is 17.6 Å². The van der Waals surface area contributed by atoms with Gasteiger partial charge >= 0.3 is 6.09 Å². The summed E-state index contributed by atoms with van der Waals surface area (Å²) in [6.45, 7) is 9.37. The largest absolute Gasteiger partial charge is 0.444 e. The molecule has 0 aromatic heterocycles. The Bertz CT molecular complexity index is 337. The third kappa shape index (κ3) is 4.94. The minimum absolute atomic E-state index is 0.164. The molecule has 1 saturated heterocycles. The summed E-state index contributed by atoms with van der Waals surface area (Å²) in [4.78, 5) is 11.9. The molecule has 20 heavy (non-hydrogen) atoms. The van der Waals surface area contributed by atoms with Gasteiger partial charge in [0.25, 0.3) is 0 Å². The molecular formula is C15H28N2O3. The van der Waals surface area contributed by atoms with Crippen molar-refractivity contribution in [2.45, 2.75) is 70.7 Å². The molecule has 3 atom stereocenters. The fourth-order valence-electron chi connectivity index (χ4n) is 2.57. The first kappa shape index (κ1) is 15.6. The van der Waals surface area contributed by atoms with E-state index in [0.29, 0.717) is 12.0 Å². The average Bonchev–Trinajstić information content (AvgIpc) is 3.06. The quantitative estimate of drug-likeness (QED) is 0.811. The highest BCUT2D eigenvalue weighted by Crippen LogP contribution is 2.32. The second-order valence-corrected chi connectivity index (χ2v) is 6.97. The summed E-state index contributed by atoms with van der Waals surface area (Å²) in [6.07, 6.45) is 3.38. The Hall–Kier alpha value is -0.810. The fourth-order valence-corrected chi connectivity index (χ4v) is 2.57. The van der Waals surface area contributed by atoms with E-state index < -0.39 is 5.60 Å². The molecule has 0 radical (unpaired) electrons. The van der Waals surface area contributed by atoms with E-state index in [-0.39, 0.29) is 18.2 Å². The average molecular weight is 284 g/mol. The Morgan fingerprint density at radius 3 is 2.55 bits per heavy atom. The molecule has 5 nitrogen and oxygen atoms in total. The number of alkyl carbamates (subject to hydrolysis) is 1. The number of amides is 1. The van der Waals surface area contributed by atoms with E-state index in [9.17, 15) is 4.79 Å². The molecule has 2 N–H and O–H groups in total. The Labute approximate surface area is 121 Å². The zero-order valence-corrected chi connectivity index (χ0v) is 13.1. The third-order valence-electron chi connectivity index (χ3n) is 3.87. The van der Waals surface area contributed by atoms with E-state index in [1.807, 2.05) is 20.8 Å². The number of carbonyl (C=O) groups excluding carboxylic acids is 1. The van der Waals surface area contributed by atoms with Gasteiger partial charge in [0.2, 0.25) is 0 Å². The van der Waals surface area contributed by atoms with Crippen LogP contribution >= 0.6 is 0 Å². The molecule has 2 rings (SSSR count). The maximum absolute atomic E-state index is 11.9. The van der Waals surface area contributed by atoms with E-state index in [4.69, 9.17) is 9.47 Å². The smallest absolute Gasteiger partial charge is 0.407 e. The van der Waals surface area contributed by atoms with E-state index in [1.165, 1.54) is 12.8 Å². The van der Waals surface area contributed by atoms with Crippen molar-refractivity contribution in [3.63, 3.8) is 0 Å². The molecule has 0 bridgehead atoms. The molecule has 2 fully saturated rings. The summed E-state index contributed by atoms with van der Waals surface area (Å²) in [5.41, 5.74) is -0.445. The van der Waals surface area contributed by atoms with Gasteiger partial charge in [-0.25, -0.2) is 4.79 Å². The highest BCUT2D eigenvalue weighted by molar-refractivity contribution is 5.68. The van der Waals surface area contributed by atoms with Gasteiger partial charge in [0.1, 0.15) is 5.60 Å². The van der Waals surface area contributed by atoms with Crippen LogP contribution in [-0.4, -0.2) is 43.0 Å². The molecule has 1 amide bonds. The van der Waals surface area contributed by atoms with E-state index >= 15 is 0 Å². The van der Waals surface area contributed by atoms with Crippen molar-refractivity contribution in [2.75, 3.05) is 13.2 Å². The molecule has 0 aromatic carbocycles. The molecule has 1 aliphatic carbocycles. The lowest BCUT2D eigenvalue weighted by molar-refractivity contribution is 0.0495. The molecule has 1 saturated carbocycles. The Morgan fingerprint density at radius 2 is 2.05 bits per heavy atom. The summed E-state index contributed by atoms with van der Waals surface area (Å²) in [6, 6.07) is 0.564. The predicted octanol–water partition coefficient (Wildman–Crippen LogP) is 2.06. The van der Waals surface area contributed by atoms with Gasteiger partial charge in [0.15, 0.2) is 0 Å². The number of rotatable bonds is 5. The first-order valence-corrected chi connectivity index (χ1v) is 7.69. The maximum atomic E-state index is 11.9. The van der Waals surface area contributed by atoms with E-state index in [0.717, 1.165) is 19.6 Å². The van der Waals surface area contributed by atoms with Crippen molar-refractivity contribution in [1.82, 2.24) is 10.6 Å². The topological polar surface area (TPSA) is 59.6 Å². The summed E-state index contributed by atoms with van der Waals surface area (Å²) >= 11 is 0. The zero-order valence-electron chi connectivity index (χ0n) is 13.1. The van der Waals surface area contributed by atoms with Gasteiger partial charge in [0.05, 0.1) is 6.10 Å². The molecule has 0 spiro atoms. The second-order valence-electron chi connectivity index (χ2n) is 6.97. The minimum Gasteiger partial charge on any atom is -0.444 e. The first-order chi connectivity index (χ1) is 9.35. The van der Waals surface area contributed by atoms with Crippen molar-refractivity contribution in [3.8, 4) is 0 Å². The number of hydrogen-bond acceptors (Lipinski definition) is 4. The van der Waals surface area contributed by atoms with E-state index in [1.54, 1.807) is 0 Å². The van der Waals surface area contributed by atoms with Crippen LogP contribution in [0.25, 0.3) is 0 Å². The molecule has 3 unspecified atom stereocenters. The van der Waals surface area contributed by atoms with Crippen molar-refractivity contribution in [2.24, 2.45) is 5.92 Å². The molecular weight excluding hydrogens is 256 g/mol. The van der Waals surface area contributed by atoms with Gasteiger partial charge in [-0.3, -0.25) is 0 Å². The third-order valence-corrected chi connectivity index (χ3v) is 3.87. The minimum atomic E-state index is -0.445. The standard InChI is InChI=1S/C15H28N2O3/c1-10-12(7-8-19-10)16-9-13(11-5-6-11)17-14(18)20-15(2,3)4/h10-13,16H,5-9H2,1-4H3,(H,17,18).